The summed E-state index contributed by atoms with van der Waals surface area (Å²) in [6.07, 6.45) is 1.51. The van der Waals surface area contributed by atoms with E-state index in [-0.39, 0.29) is 36.9 Å². The van der Waals surface area contributed by atoms with E-state index in [9.17, 15) is 14.4 Å². The molecule has 1 heterocycles. The summed E-state index contributed by atoms with van der Waals surface area (Å²) < 4.78 is 1.39. The van der Waals surface area contributed by atoms with Crippen LogP contribution in [0.3, 0.4) is 0 Å². The molecule has 0 aliphatic rings. The molecule has 0 bridgehead atoms. The lowest BCUT2D eigenvalue weighted by Crippen LogP contribution is -2.34. The van der Waals surface area contributed by atoms with E-state index in [0.29, 0.717) is 16.6 Å². The topological polar surface area (TPSA) is 93.1 Å². The fourth-order valence-electron chi connectivity index (χ4n) is 2.48. The van der Waals surface area contributed by atoms with Gasteiger partial charge in [0.05, 0.1) is 23.8 Å². The van der Waals surface area contributed by atoms with Crippen LogP contribution in [0, 0.1) is 0 Å². The summed E-state index contributed by atoms with van der Waals surface area (Å²) in [5, 5.41) is 5.74. The van der Waals surface area contributed by atoms with Crippen LogP contribution in [-0.2, 0) is 16.1 Å². The molecule has 2 amide bonds. The zero-order valence-electron chi connectivity index (χ0n) is 14.0. The van der Waals surface area contributed by atoms with Gasteiger partial charge in [-0.3, -0.25) is 19.0 Å². The lowest BCUT2D eigenvalue weighted by atomic mass is 10.2. The third kappa shape index (κ3) is 4.32. The zero-order chi connectivity index (χ0) is 18.4. The summed E-state index contributed by atoms with van der Waals surface area (Å²) in [4.78, 5) is 40.3. The Labute approximate surface area is 149 Å². The van der Waals surface area contributed by atoms with Crippen molar-refractivity contribution in [3.8, 4) is 0 Å². The molecule has 0 saturated heterocycles. The van der Waals surface area contributed by atoms with Gasteiger partial charge >= 0.3 is 0 Å². The first-order valence-corrected chi connectivity index (χ1v) is 8.19. The number of carbonyl (C=O) groups is 2. The van der Waals surface area contributed by atoms with E-state index in [1.165, 1.54) is 10.9 Å². The predicted molar refractivity (Wildman–Crippen MR) is 98.7 cm³/mol. The Bertz CT molecular complexity index is 983. The lowest BCUT2D eigenvalue weighted by Gasteiger charge is -2.08. The zero-order valence-corrected chi connectivity index (χ0v) is 14.0. The normalized spacial score (nSPS) is 10.5. The van der Waals surface area contributed by atoms with Crippen LogP contribution in [0.1, 0.15) is 6.42 Å². The number of nitrogens with one attached hydrogen (secondary N) is 2. The van der Waals surface area contributed by atoms with Crippen molar-refractivity contribution in [2.75, 3.05) is 11.9 Å². The van der Waals surface area contributed by atoms with E-state index in [1.807, 2.05) is 24.3 Å². The SMILES string of the molecule is O=C(CCn1cnc2ccccc2c1=O)NCC(=O)Nc1ccccc1. The van der Waals surface area contributed by atoms with Crippen molar-refractivity contribution in [2.24, 2.45) is 0 Å². The molecule has 132 valence electrons. The van der Waals surface area contributed by atoms with Gasteiger partial charge in [0.15, 0.2) is 0 Å². The molecule has 0 spiro atoms. The third-order valence-electron chi connectivity index (χ3n) is 3.81. The maximum atomic E-state index is 12.3. The number of fused-ring (bicyclic) bond motifs is 1. The van der Waals surface area contributed by atoms with Gasteiger partial charge < -0.3 is 10.6 Å². The van der Waals surface area contributed by atoms with Gasteiger partial charge in [-0.2, -0.15) is 0 Å². The van der Waals surface area contributed by atoms with Gasteiger partial charge in [-0.15, -0.1) is 0 Å². The van der Waals surface area contributed by atoms with E-state index < -0.39 is 0 Å². The van der Waals surface area contributed by atoms with Crippen LogP contribution in [0.4, 0.5) is 5.69 Å². The van der Waals surface area contributed by atoms with Gasteiger partial charge in [0.25, 0.3) is 5.56 Å². The highest BCUT2D eigenvalue weighted by Gasteiger charge is 2.08. The molecule has 3 aromatic rings. The summed E-state index contributed by atoms with van der Waals surface area (Å²) in [5.41, 5.74) is 1.10. The number of anilines is 1. The summed E-state index contributed by atoms with van der Waals surface area (Å²) in [7, 11) is 0. The molecule has 26 heavy (non-hydrogen) atoms. The quantitative estimate of drug-likeness (QED) is 0.705. The number of aryl methyl sites for hydroxylation is 1. The minimum atomic E-state index is -0.312. The average Bonchev–Trinajstić information content (AvgIpc) is 2.67. The largest absolute Gasteiger partial charge is 0.347 e. The third-order valence-corrected chi connectivity index (χ3v) is 3.81. The Morgan fingerprint density at radius 2 is 1.69 bits per heavy atom. The molecule has 0 aliphatic carbocycles. The van der Waals surface area contributed by atoms with E-state index >= 15 is 0 Å². The van der Waals surface area contributed by atoms with Gasteiger partial charge in [0.1, 0.15) is 0 Å². The van der Waals surface area contributed by atoms with Gasteiger partial charge in [-0.05, 0) is 24.3 Å². The Morgan fingerprint density at radius 3 is 2.50 bits per heavy atom. The van der Waals surface area contributed by atoms with Crippen LogP contribution in [0.5, 0.6) is 0 Å². The highest BCUT2D eigenvalue weighted by molar-refractivity contribution is 5.94. The highest BCUT2D eigenvalue weighted by Crippen LogP contribution is 2.05. The molecule has 2 aromatic carbocycles. The van der Waals surface area contributed by atoms with Crippen molar-refractivity contribution in [3.05, 3.63) is 71.3 Å². The summed E-state index contributed by atoms with van der Waals surface area (Å²) in [6, 6.07) is 16.0. The minimum absolute atomic E-state index is 0.0819. The second-order valence-electron chi connectivity index (χ2n) is 5.70. The Balaban J connectivity index is 1.51. The number of amides is 2. The van der Waals surface area contributed by atoms with Crippen LogP contribution >= 0.6 is 0 Å². The molecule has 1 aromatic heterocycles. The molecule has 7 heteroatoms. The number of rotatable bonds is 6. The number of aromatic nitrogens is 2. The fourth-order valence-corrected chi connectivity index (χ4v) is 2.48. The number of hydrogen-bond donors (Lipinski definition) is 2. The second-order valence-corrected chi connectivity index (χ2v) is 5.70. The second kappa shape index (κ2) is 8.06. The molecule has 0 radical (unpaired) electrons. The number of benzene rings is 2. The van der Waals surface area contributed by atoms with Crippen LogP contribution in [0.15, 0.2) is 65.7 Å². The minimum Gasteiger partial charge on any atom is -0.347 e. The van der Waals surface area contributed by atoms with Gasteiger partial charge in [-0.25, -0.2) is 4.98 Å². The Hall–Kier alpha value is -3.48. The standard InChI is InChI=1S/C19H18N4O3/c24-17(20-12-18(25)22-14-6-2-1-3-7-14)10-11-23-13-21-16-9-5-4-8-15(16)19(23)26/h1-9,13H,10-12H2,(H,20,24)(H,22,25). The Morgan fingerprint density at radius 1 is 0.962 bits per heavy atom. The van der Waals surface area contributed by atoms with Crippen LogP contribution in [0.2, 0.25) is 0 Å². The van der Waals surface area contributed by atoms with E-state index in [4.69, 9.17) is 0 Å². The van der Waals surface area contributed by atoms with Crippen LogP contribution in [0.25, 0.3) is 10.9 Å². The molecular weight excluding hydrogens is 332 g/mol. The molecule has 2 N–H and O–H groups in total. The first-order chi connectivity index (χ1) is 12.6. The van der Waals surface area contributed by atoms with Gasteiger partial charge in [0, 0.05) is 18.7 Å². The molecule has 0 aliphatic heterocycles. The van der Waals surface area contributed by atoms with Gasteiger partial charge in [0.2, 0.25) is 11.8 Å². The van der Waals surface area contributed by atoms with Crippen molar-refractivity contribution in [1.29, 1.82) is 0 Å². The van der Waals surface area contributed by atoms with E-state index in [2.05, 4.69) is 15.6 Å². The smallest absolute Gasteiger partial charge is 0.261 e. The summed E-state index contributed by atoms with van der Waals surface area (Å²) in [5.74, 6) is -0.623. The van der Waals surface area contributed by atoms with Gasteiger partial charge in [-0.1, -0.05) is 30.3 Å². The van der Waals surface area contributed by atoms with Crippen molar-refractivity contribution in [2.45, 2.75) is 13.0 Å². The molecule has 7 nitrogen and oxygen atoms in total. The first-order valence-electron chi connectivity index (χ1n) is 8.19. The predicted octanol–water partition coefficient (Wildman–Crippen LogP) is 1.54. The molecule has 3 rings (SSSR count). The van der Waals surface area contributed by atoms with E-state index in [0.717, 1.165) is 0 Å². The van der Waals surface area contributed by atoms with Crippen LogP contribution < -0.4 is 16.2 Å². The van der Waals surface area contributed by atoms with Crippen molar-refractivity contribution in [3.63, 3.8) is 0 Å². The Kier molecular flexibility index (Phi) is 5.38. The number of hydrogen-bond acceptors (Lipinski definition) is 4. The molecule has 0 unspecified atom stereocenters. The molecular formula is C19H18N4O3. The maximum Gasteiger partial charge on any atom is 0.261 e. The number of para-hydroxylation sites is 2. The lowest BCUT2D eigenvalue weighted by molar-refractivity contribution is -0.124. The van der Waals surface area contributed by atoms with Crippen LogP contribution in [-0.4, -0.2) is 27.9 Å². The summed E-state index contributed by atoms with van der Waals surface area (Å²) in [6.45, 7) is 0.0708. The molecule has 0 saturated carbocycles. The highest BCUT2D eigenvalue weighted by atomic mass is 16.2. The van der Waals surface area contributed by atoms with Crippen molar-refractivity contribution in [1.82, 2.24) is 14.9 Å². The van der Waals surface area contributed by atoms with Crippen molar-refractivity contribution >= 4 is 28.4 Å². The first kappa shape index (κ1) is 17.3. The maximum absolute atomic E-state index is 12.3. The summed E-state index contributed by atoms with van der Waals surface area (Å²) >= 11 is 0. The molecule has 0 atom stereocenters. The monoisotopic (exact) mass is 350 g/mol. The average molecular weight is 350 g/mol. The van der Waals surface area contributed by atoms with Crippen molar-refractivity contribution < 1.29 is 9.59 Å². The fraction of sp³-hybridized carbons (Fsp3) is 0.158. The number of carbonyl (C=O) groups excluding carboxylic acids is 2. The molecule has 0 fully saturated rings. The number of nitrogens with zero attached hydrogens (tertiary/aromatic N) is 2. The van der Waals surface area contributed by atoms with E-state index in [1.54, 1.807) is 30.3 Å².